The summed E-state index contributed by atoms with van der Waals surface area (Å²) in [5.41, 5.74) is 5.74. The van der Waals surface area contributed by atoms with Crippen molar-refractivity contribution >= 4 is 23.2 Å². The van der Waals surface area contributed by atoms with Crippen molar-refractivity contribution in [2.75, 3.05) is 38.5 Å². The SMILES string of the molecule is COc1cc2c(c(OC)c1OC)-c1ccc(NCCCC(=O)Nc3c(C)nn(C)c3C)c(=O)cc1[C@@H](NC(C)=O)CC2. The summed E-state index contributed by atoms with van der Waals surface area (Å²) in [7, 11) is 6.52. The fraction of sp³-hybridized carbons (Fsp3) is 0.419. The lowest BCUT2D eigenvalue weighted by Crippen LogP contribution is -2.26. The number of anilines is 2. The van der Waals surface area contributed by atoms with Crippen LogP contribution in [0.25, 0.3) is 11.1 Å². The normalized spacial score (nSPS) is 13.7. The first-order valence-electron chi connectivity index (χ1n) is 13.9. The number of carbonyl (C=O) groups excluding carboxylic acids is 2. The number of nitrogens with one attached hydrogen (secondary N) is 3. The van der Waals surface area contributed by atoms with Gasteiger partial charge in [0.2, 0.25) is 23.0 Å². The molecule has 4 rings (SSSR count). The van der Waals surface area contributed by atoms with Crippen LogP contribution in [0.1, 0.15) is 54.7 Å². The summed E-state index contributed by atoms with van der Waals surface area (Å²) in [6.45, 7) is 5.64. The number of hydrogen-bond acceptors (Lipinski definition) is 8. The van der Waals surface area contributed by atoms with Gasteiger partial charge in [-0.05, 0) is 68.0 Å². The first kappa shape index (κ1) is 30.4. The Labute approximate surface area is 245 Å². The number of amides is 2. The van der Waals surface area contributed by atoms with Crippen molar-refractivity contribution in [3.05, 3.63) is 57.0 Å². The summed E-state index contributed by atoms with van der Waals surface area (Å²) in [6, 6.07) is 6.71. The minimum absolute atomic E-state index is 0.116. The molecule has 42 heavy (non-hydrogen) atoms. The van der Waals surface area contributed by atoms with Crippen LogP contribution in [-0.4, -0.2) is 49.5 Å². The molecule has 2 amide bonds. The van der Waals surface area contributed by atoms with Gasteiger partial charge < -0.3 is 30.2 Å². The summed E-state index contributed by atoms with van der Waals surface area (Å²) in [6.07, 6.45) is 2.00. The Morgan fingerprint density at radius 3 is 2.43 bits per heavy atom. The van der Waals surface area contributed by atoms with Crippen LogP contribution in [0.2, 0.25) is 0 Å². The lowest BCUT2D eigenvalue weighted by Gasteiger charge is -2.19. The molecule has 1 aliphatic rings. The number of methoxy groups -OCH3 is 3. The number of rotatable bonds is 10. The van der Waals surface area contributed by atoms with E-state index in [0.717, 1.165) is 33.8 Å². The first-order chi connectivity index (χ1) is 20.1. The molecule has 0 aliphatic heterocycles. The van der Waals surface area contributed by atoms with Crippen molar-refractivity contribution in [2.24, 2.45) is 7.05 Å². The Kier molecular flexibility index (Phi) is 9.39. The minimum atomic E-state index is -0.386. The standard InChI is InChI=1S/C31H39N5O6/c1-17-29(18(2)36(4)35-17)34-27(39)9-8-14-32-24-13-11-21-22(16-25(24)38)23(33-19(3)37)12-10-20-15-26(40-5)30(41-6)31(42-7)28(20)21/h11,13,15-16,23H,8-10,12,14H2,1-7H3,(H,32,38)(H,33,37)(H,34,39)/t23-/m0/s1. The van der Waals surface area contributed by atoms with Crippen LogP contribution in [0.4, 0.5) is 11.4 Å². The molecule has 11 nitrogen and oxygen atoms in total. The molecule has 0 bridgehead atoms. The van der Waals surface area contributed by atoms with Gasteiger partial charge >= 0.3 is 0 Å². The van der Waals surface area contributed by atoms with Crippen molar-refractivity contribution in [2.45, 2.75) is 52.5 Å². The number of ether oxygens (including phenoxy) is 3. The third-order valence-electron chi connectivity index (χ3n) is 7.59. The van der Waals surface area contributed by atoms with E-state index in [2.05, 4.69) is 21.0 Å². The number of aryl methyl sites for hydroxylation is 3. The third-order valence-corrected chi connectivity index (χ3v) is 7.59. The highest BCUT2D eigenvalue weighted by Crippen LogP contribution is 2.50. The summed E-state index contributed by atoms with van der Waals surface area (Å²) < 4.78 is 18.8. The molecule has 2 aromatic carbocycles. The number of fused-ring (bicyclic) bond motifs is 3. The molecule has 0 spiro atoms. The van der Waals surface area contributed by atoms with Crippen molar-refractivity contribution < 1.29 is 23.8 Å². The summed E-state index contributed by atoms with van der Waals surface area (Å²) in [5.74, 6) is 1.18. The summed E-state index contributed by atoms with van der Waals surface area (Å²) in [4.78, 5) is 38.1. The van der Waals surface area contributed by atoms with Crippen molar-refractivity contribution in [3.63, 3.8) is 0 Å². The quantitative estimate of drug-likeness (QED) is 0.308. The van der Waals surface area contributed by atoms with Crippen LogP contribution in [0.5, 0.6) is 17.2 Å². The van der Waals surface area contributed by atoms with E-state index in [1.807, 2.05) is 33.0 Å². The molecule has 1 heterocycles. The molecular formula is C31H39N5O6. The van der Waals surface area contributed by atoms with Gasteiger partial charge in [0, 0.05) is 32.5 Å². The Morgan fingerprint density at radius 1 is 1.07 bits per heavy atom. The summed E-state index contributed by atoms with van der Waals surface area (Å²) >= 11 is 0. The van der Waals surface area contributed by atoms with Crippen LogP contribution in [0.3, 0.4) is 0 Å². The Morgan fingerprint density at radius 2 is 1.81 bits per heavy atom. The second-order valence-corrected chi connectivity index (χ2v) is 10.3. The maximum Gasteiger partial charge on any atom is 0.224 e. The predicted molar refractivity (Wildman–Crippen MR) is 162 cm³/mol. The Balaban J connectivity index is 1.63. The van der Waals surface area contributed by atoms with Crippen molar-refractivity contribution in [1.82, 2.24) is 15.1 Å². The van der Waals surface area contributed by atoms with E-state index in [1.165, 1.54) is 6.92 Å². The van der Waals surface area contributed by atoms with E-state index in [1.54, 1.807) is 38.1 Å². The lowest BCUT2D eigenvalue weighted by atomic mass is 9.95. The molecule has 11 heteroatoms. The monoisotopic (exact) mass is 577 g/mol. The number of carbonyl (C=O) groups is 2. The Bertz CT molecular complexity index is 1560. The zero-order valence-corrected chi connectivity index (χ0v) is 25.3. The fourth-order valence-corrected chi connectivity index (χ4v) is 5.48. The number of hydrogen-bond donors (Lipinski definition) is 3. The van der Waals surface area contributed by atoms with Gasteiger partial charge in [-0.15, -0.1) is 0 Å². The van der Waals surface area contributed by atoms with Gasteiger partial charge in [-0.25, -0.2) is 0 Å². The molecule has 1 aromatic heterocycles. The highest BCUT2D eigenvalue weighted by atomic mass is 16.5. The molecule has 224 valence electrons. The second-order valence-electron chi connectivity index (χ2n) is 10.3. The van der Waals surface area contributed by atoms with Gasteiger partial charge in [0.25, 0.3) is 0 Å². The average Bonchev–Trinajstić information content (AvgIpc) is 3.07. The third kappa shape index (κ3) is 6.19. The van der Waals surface area contributed by atoms with Gasteiger partial charge in [0.15, 0.2) is 11.5 Å². The topological polar surface area (TPSA) is 133 Å². The van der Waals surface area contributed by atoms with Gasteiger partial charge in [-0.3, -0.25) is 19.1 Å². The van der Waals surface area contributed by atoms with E-state index in [-0.39, 0.29) is 29.7 Å². The van der Waals surface area contributed by atoms with Gasteiger partial charge in [-0.2, -0.15) is 5.10 Å². The van der Waals surface area contributed by atoms with Gasteiger partial charge in [-0.1, -0.05) is 6.07 Å². The highest BCUT2D eigenvalue weighted by Gasteiger charge is 2.29. The molecular weight excluding hydrogens is 538 g/mol. The molecule has 0 fully saturated rings. The molecule has 1 atom stereocenters. The molecule has 0 radical (unpaired) electrons. The highest BCUT2D eigenvalue weighted by molar-refractivity contribution is 5.92. The van der Waals surface area contributed by atoms with Gasteiger partial charge in [0.05, 0.1) is 50.1 Å². The van der Waals surface area contributed by atoms with E-state index < -0.39 is 0 Å². The van der Waals surface area contributed by atoms with Crippen LogP contribution >= 0.6 is 0 Å². The number of nitrogens with zero attached hydrogens (tertiary/aromatic N) is 2. The molecule has 0 unspecified atom stereocenters. The molecule has 3 N–H and O–H groups in total. The average molecular weight is 578 g/mol. The zero-order chi connectivity index (χ0) is 30.6. The predicted octanol–water partition coefficient (Wildman–Crippen LogP) is 4.04. The number of aromatic nitrogens is 2. The van der Waals surface area contributed by atoms with E-state index in [9.17, 15) is 14.4 Å². The second kappa shape index (κ2) is 13.0. The molecule has 0 saturated heterocycles. The Hall–Kier alpha value is -4.54. The first-order valence-corrected chi connectivity index (χ1v) is 13.9. The largest absolute Gasteiger partial charge is 0.493 e. The smallest absolute Gasteiger partial charge is 0.224 e. The molecule has 3 aromatic rings. The van der Waals surface area contributed by atoms with Crippen molar-refractivity contribution in [3.8, 4) is 28.4 Å². The van der Waals surface area contributed by atoms with E-state index >= 15 is 0 Å². The van der Waals surface area contributed by atoms with E-state index in [0.29, 0.717) is 54.3 Å². The maximum absolute atomic E-state index is 13.4. The fourth-order valence-electron chi connectivity index (χ4n) is 5.48. The maximum atomic E-state index is 13.4. The van der Waals surface area contributed by atoms with Gasteiger partial charge in [0.1, 0.15) is 0 Å². The molecule has 0 saturated carbocycles. The minimum Gasteiger partial charge on any atom is -0.493 e. The molecule has 1 aliphatic carbocycles. The van der Waals surface area contributed by atoms with E-state index in [4.69, 9.17) is 14.2 Å². The van der Waals surface area contributed by atoms with Crippen LogP contribution in [0.15, 0.2) is 29.1 Å². The number of benzene rings is 1. The van der Waals surface area contributed by atoms with Crippen LogP contribution in [-0.2, 0) is 23.1 Å². The lowest BCUT2D eigenvalue weighted by molar-refractivity contribution is -0.119. The van der Waals surface area contributed by atoms with Crippen molar-refractivity contribution in [1.29, 1.82) is 0 Å². The van der Waals surface area contributed by atoms with Crippen LogP contribution in [0, 0.1) is 13.8 Å². The van der Waals surface area contributed by atoms with Crippen LogP contribution < -0.4 is 35.6 Å². The zero-order valence-electron chi connectivity index (χ0n) is 25.3. The summed E-state index contributed by atoms with van der Waals surface area (Å²) in [5, 5.41) is 13.5.